The minimum Gasteiger partial charge on any atom is -0.443 e. The van der Waals surface area contributed by atoms with Crippen LogP contribution in [0.15, 0.2) is 0 Å². The molecular weight excluding hydrogens is 196 g/mol. The van der Waals surface area contributed by atoms with E-state index in [9.17, 15) is 4.79 Å². The standard InChI is InChI=1S/C10H21N2O3/c1-12(2,3)6-9-15-10(13)11-4-7-14-8-5-11/h4-9H2,1-3H3/q+1. The number of amides is 1. The van der Waals surface area contributed by atoms with Gasteiger partial charge in [0, 0.05) is 13.1 Å². The van der Waals surface area contributed by atoms with Crippen molar-refractivity contribution in [2.24, 2.45) is 0 Å². The lowest BCUT2D eigenvalue weighted by molar-refractivity contribution is -0.870. The zero-order valence-corrected chi connectivity index (χ0v) is 9.86. The van der Waals surface area contributed by atoms with Gasteiger partial charge in [0.2, 0.25) is 0 Å². The van der Waals surface area contributed by atoms with Gasteiger partial charge in [-0.1, -0.05) is 0 Å². The van der Waals surface area contributed by atoms with Crippen LogP contribution in [-0.2, 0) is 9.47 Å². The van der Waals surface area contributed by atoms with Gasteiger partial charge in [-0.3, -0.25) is 0 Å². The molecule has 1 rings (SSSR count). The summed E-state index contributed by atoms with van der Waals surface area (Å²) in [6.07, 6.45) is -0.216. The van der Waals surface area contributed by atoms with Gasteiger partial charge in [-0.25, -0.2) is 4.79 Å². The zero-order valence-electron chi connectivity index (χ0n) is 9.86. The first-order valence-corrected chi connectivity index (χ1v) is 5.29. The molecular formula is C10H21N2O3+. The number of nitrogens with zero attached hydrogens (tertiary/aromatic N) is 2. The molecule has 0 spiro atoms. The van der Waals surface area contributed by atoms with Crippen LogP contribution in [0.1, 0.15) is 0 Å². The summed E-state index contributed by atoms with van der Waals surface area (Å²) in [5.41, 5.74) is 0. The van der Waals surface area contributed by atoms with E-state index in [-0.39, 0.29) is 6.09 Å². The number of rotatable bonds is 3. The van der Waals surface area contributed by atoms with E-state index in [1.54, 1.807) is 4.90 Å². The lowest BCUT2D eigenvalue weighted by Crippen LogP contribution is -2.43. The topological polar surface area (TPSA) is 38.8 Å². The molecule has 0 bridgehead atoms. The number of hydrogen-bond acceptors (Lipinski definition) is 3. The Kier molecular flexibility index (Phi) is 4.35. The monoisotopic (exact) mass is 217 g/mol. The molecule has 5 heteroatoms. The molecule has 0 aromatic heterocycles. The fraction of sp³-hybridized carbons (Fsp3) is 0.900. The molecule has 0 unspecified atom stereocenters. The highest BCUT2D eigenvalue weighted by Crippen LogP contribution is 2.00. The van der Waals surface area contributed by atoms with Crippen LogP contribution in [-0.4, -0.2) is 76.1 Å². The minimum atomic E-state index is -0.216. The summed E-state index contributed by atoms with van der Waals surface area (Å²) in [4.78, 5) is 13.2. The van der Waals surface area contributed by atoms with E-state index in [0.29, 0.717) is 32.9 Å². The highest BCUT2D eigenvalue weighted by molar-refractivity contribution is 5.67. The van der Waals surface area contributed by atoms with Gasteiger partial charge in [-0.15, -0.1) is 0 Å². The van der Waals surface area contributed by atoms with E-state index in [4.69, 9.17) is 9.47 Å². The molecule has 5 nitrogen and oxygen atoms in total. The summed E-state index contributed by atoms with van der Waals surface area (Å²) in [6.45, 7) is 3.82. The lowest BCUT2D eigenvalue weighted by atomic mass is 10.4. The molecule has 1 aliphatic heterocycles. The van der Waals surface area contributed by atoms with E-state index in [0.717, 1.165) is 11.0 Å². The Labute approximate surface area is 91.1 Å². The van der Waals surface area contributed by atoms with Crippen molar-refractivity contribution >= 4 is 6.09 Å². The van der Waals surface area contributed by atoms with Crippen molar-refractivity contribution in [3.05, 3.63) is 0 Å². The summed E-state index contributed by atoms with van der Waals surface area (Å²) in [6, 6.07) is 0. The molecule has 0 atom stereocenters. The molecule has 1 saturated heterocycles. The quantitative estimate of drug-likeness (QED) is 0.632. The van der Waals surface area contributed by atoms with Gasteiger partial charge < -0.3 is 18.9 Å². The highest BCUT2D eigenvalue weighted by atomic mass is 16.6. The molecule has 1 amide bonds. The Morgan fingerprint density at radius 2 is 1.93 bits per heavy atom. The largest absolute Gasteiger partial charge is 0.443 e. The Balaban J connectivity index is 2.17. The van der Waals surface area contributed by atoms with Gasteiger partial charge in [0.15, 0.2) is 0 Å². The van der Waals surface area contributed by atoms with Gasteiger partial charge in [0.25, 0.3) is 0 Å². The maximum atomic E-state index is 11.5. The van der Waals surface area contributed by atoms with E-state index in [2.05, 4.69) is 21.1 Å². The number of quaternary nitrogens is 1. The number of ether oxygens (including phenoxy) is 2. The number of carbonyl (C=O) groups is 1. The van der Waals surface area contributed by atoms with E-state index < -0.39 is 0 Å². The average molecular weight is 217 g/mol. The van der Waals surface area contributed by atoms with Crippen LogP contribution in [0.3, 0.4) is 0 Å². The van der Waals surface area contributed by atoms with Crippen molar-refractivity contribution in [2.75, 3.05) is 60.6 Å². The second-order valence-corrected chi connectivity index (χ2v) is 4.73. The number of morpholine rings is 1. The van der Waals surface area contributed by atoms with Crippen LogP contribution in [0.25, 0.3) is 0 Å². The molecule has 88 valence electrons. The fourth-order valence-electron chi connectivity index (χ4n) is 1.24. The summed E-state index contributed by atoms with van der Waals surface area (Å²) < 4.78 is 11.1. The van der Waals surface area contributed by atoms with Gasteiger partial charge >= 0.3 is 6.09 Å². The summed E-state index contributed by atoms with van der Waals surface area (Å²) >= 11 is 0. The van der Waals surface area contributed by atoms with Crippen molar-refractivity contribution in [3.63, 3.8) is 0 Å². The third kappa shape index (κ3) is 4.99. The van der Waals surface area contributed by atoms with Gasteiger partial charge in [-0.2, -0.15) is 0 Å². The number of likely N-dealkylation sites (N-methyl/N-ethyl adjacent to an activating group) is 1. The van der Waals surface area contributed by atoms with Crippen molar-refractivity contribution < 1.29 is 18.8 Å². The first-order chi connectivity index (χ1) is 6.99. The molecule has 1 heterocycles. The lowest BCUT2D eigenvalue weighted by Gasteiger charge is -2.27. The Bertz CT molecular complexity index is 207. The van der Waals surface area contributed by atoms with Crippen LogP contribution in [0.5, 0.6) is 0 Å². The second-order valence-electron chi connectivity index (χ2n) is 4.73. The molecule has 1 fully saturated rings. The molecule has 0 aromatic rings. The van der Waals surface area contributed by atoms with Crippen LogP contribution < -0.4 is 0 Å². The third-order valence-corrected chi connectivity index (χ3v) is 2.26. The Hall–Kier alpha value is -0.810. The summed E-state index contributed by atoms with van der Waals surface area (Å²) in [5, 5.41) is 0. The Morgan fingerprint density at radius 3 is 2.47 bits per heavy atom. The summed E-state index contributed by atoms with van der Waals surface area (Å²) in [7, 11) is 6.22. The third-order valence-electron chi connectivity index (χ3n) is 2.26. The normalized spacial score (nSPS) is 17.7. The van der Waals surface area contributed by atoms with Crippen LogP contribution in [0.2, 0.25) is 0 Å². The van der Waals surface area contributed by atoms with Crippen molar-refractivity contribution in [2.45, 2.75) is 0 Å². The van der Waals surface area contributed by atoms with Crippen LogP contribution in [0, 0.1) is 0 Å². The minimum absolute atomic E-state index is 0.216. The molecule has 0 N–H and O–H groups in total. The highest BCUT2D eigenvalue weighted by Gasteiger charge is 2.18. The second kappa shape index (κ2) is 5.32. The maximum Gasteiger partial charge on any atom is 0.410 e. The predicted molar refractivity (Wildman–Crippen MR) is 56.6 cm³/mol. The average Bonchev–Trinajstić information content (AvgIpc) is 2.17. The van der Waals surface area contributed by atoms with Crippen molar-refractivity contribution in [1.82, 2.24) is 4.90 Å². The van der Waals surface area contributed by atoms with Crippen molar-refractivity contribution in [1.29, 1.82) is 0 Å². The molecule has 15 heavy (non-hydrogen) atoms. The molecule has 0 saturated carbocycles. The van der Waals surface area contributed by atoms with Gasteiger partial charge in [-0.05, 0) is 0 Å². The first kappa shape index (κ1) is 12.3. The predicted octanol–water partition coefficient (Wildman–Crippen LogP) is 0.161. The number of carbonyl (C=O) groups excluding carboxylic acids is 1. The summed E-state index contributed by atoms with van der Waals surface area (Å²) in [5.74, 6) is 0. The maximum absolute atomic E-state index is 11.5. The SMILES string of the molecule is C[N+](C)(C)CCOC(=O)N1CCOCC1. The van der Waals surface area contributed by atoms with Gasteiger partial charge in [0.05, 0.1) is 34.4 Å². The van der Waals surface area contributed by atoms with E-state index in [1.165, 1.54) is 0 Å². The zero-order chi connectivity index (χ0) is 11.3. The molecule has 0 aliphatic carbocycles. The first-order valence-electron chi connectivity index (χ1n) is 5.29. The van der Waals surface area contributed by atoms with Crippen LogP contribution in [0.4, 0.5) is 4.79 Å². The molecule has 1 aliphatic rings. The molecule has 0 radical (unpaired) electrons. The Morgan fingerprint density at radius 1 is 1.33 bits per heavy atom. The van der Waals surface area contributed by atoms with Gasteiger partial charge in [0.1, 0.15) is 13.2 Å². The fourth-order valence-corrected chi connectivity index (χ4v) is 1.24. The van der Waals surface area contributed by atoms with Crippen molar-refractivity contribution in [3.8, 4) is 0 Å². The van der Waals surface area contributed by atoms with E-state index >= 15 is 0 Å². The smallest absolute Gasteiger partial charge is 0.410 e. The molecule has 0 aromatic carbocycles. The van der Waals surface area contributed by atoms with Crippen LogP contribution >= 0.6 is 0 Å². The number of hydrogen-bond donors (Lipinski definition) is 0. The van der Waals surface area contributed by atoms with E-state index in [1.807, 2.05) is 0 Å².